The lowest BCUT2D eigenvalue weighted by atomic mass is 10.0. The fourth-order valence-corrected chi connectivity index (χ4v) is 1.57. The fourth-order valence-electron chi connectivity index (χ4n) is 1.57. The van der Waals surface area contributed by atoms with Gasteiger partial charge in [0.1, 0.15) is 5.69 Å². The van der Waals surface area contributed by atoms with Crippen LogP contribution in [0.2, 0.25) is 0 Å². The number of hydrogen-bond acceptors (Lipinski definition) is 4. The van der Waals surface area contributed by atoms with Crippen molar-refractivity contribution in [1.29, 1.82) is 0 Å². The van der Waals surface area contributed by atoms with Crippen molar-refractivity contribution in [3.8, 4) is 5.88 Å². The zero-order chi connectivity index (χ0) is 11.3. The van der Waals surface area contributed by atoms with E-state index in [4.69, 9.17) is 4.74 Å². The summed E-state index contributed by atoms with van der Waals surface area (Å²) in [4.78, 5) is 8.50. The van der Waals surface area contributed by atoms with E-state index in [1.807, 2.05) is 0 Å². The number of hydrogen-bond donors (Lipinski definition) is 1. The van der Waals surface area contributed by atoms with Gasteiger partial charge in [0, 0.05) is 12.4 Å². The topological polar surface area (TPSA) is 47.0 Å². The predicted octanol–water partition coefficient (Wildman–Crippen LogP) is 1.79. The SMILES string of the molecule is CCNC(c1nccnc1OC)C(C)C. The van der Waals surface area contributed by atoms with Gasteiger partial charge in [-0.2, -0.15) is 0 Å². The second-order valence-corrected chi connectivity index (χ2v) is 3.73. The highest BCUT2D eigenvalue weighted by Crippen LogP contribution is 2.25. The quantitative estimate of drug-likeness (QED) is 0.803. The van der Waals surface area contributed by atoms with Crippen molar-refractivity contribution in [2.45, 2.75) is 26.8 Å². The van der Waals surface area contributed by atoms with E-state index in [0.29, 0.717) is 11.8 Å². The van der Waals surface area contributed by atoms with Crippen molar-refractivity contribution in [3.05, 3.63) is 18.1 Å². The van der Waals surface area contributed by atoms with Crippen LogP contribution in [0.1, 0.15) is 32.5 Å². The maximum Gasteiger partial charge on any atom is 0.237 e. The molecule has 1 atom stereocenters. The molecule has 4 heteroatoms. The van der Waals surface area contributed by atoms with Crippen molar-refractivity contribution in [2.24, 2.45) is 5.92 Å². The highest BCUT2D eigenvalue weighted by Gasteiger charge is 2.20. The number of methoxy groups -OCH3 is 1. The minimum atomic E-state index is 0.193. The predicted molar refractivity (Wildman–Crippen MR) is 59.8 cm³/mol. The van der Waals surface area contributed by atoms with Crippen LogP contribution in [-0.4, -0.2) is 23.6 Å². The number of nitrogens with zero attached hydrogens (tertiary/aromatic N) is 2. The smallest absolute Gasteiger partial charge is 0.237 e. The Bertz CT molecular complexity index is 302. The van der Waals surface area contributed by atoms with E-state index in [1.165, 1.54) is 0 Å². The molecule has 0 fully saturated rings. The maximum atomic E-state index is 5.21. The first-order chi connectivity index (χ1) is 7.20. The average molecular weight is 209 g/mol. The zero-order valence-corrected chi connectivity index (χ0v) is 9.82. The van der Waals surface area contributed by atoms with E-state index in [2.05, 4.69) is 36.1 Å². The second kappa shape index (κ2) is 5.66. The minimum Gasteiger partial charge on any atom is -0.480 e. The third-order valence-corrected chi connectivity index (χ3v) is 2.27. The third-order valence-electron chi connectivity index (χ3n) is 2.27. The van der Waals surface area contributed by atoms with E-state index in [1.54, 1.807) is 19.5 Å². The van der Waals surface area contributed by atoms with Crippen LogP contribution in [0, 0.1) is 5.92 Å². The summed E-state index contributed by atoms with van der Waals surface area (Å²) in [6.45, 7) is 7.30. The van der Waals surface area contributed by atoms with Gasteiger partial charge in [0.05, 0.1) is 13.2 Å². The van der Waals surface area contributed by atoms with Gasteiger partial charge in [-0.3, -0.25) is 4.98 Å². The van der Waals surface area contributed by atoms with Gasteiger partial charge < -0.3 is 10.1 Å². The monoisotopic (exact) mass is 209 g/mol. The standard InChI is InChI=1S/C11H19N3O/c1-5-12-9(8(2)3)10-11(15-4)14-7-6-13-10/h6-9,12H,5H2,1-4H3. The summed E-state index contributed by atoms with van der Waals surface area (Å²) in [7, 11) is 1.62. The fraction of sp³-hybridized carbons (Fsp3) is 0.636. The molecular weight excluding hydrogens is 190 g/mol. The second-order valence-electron chi connectivity index (χ2n) is 3.73. The van der Waals surface area contributed by atoms with Gasteiger partial charge >= 0.3 is 0 Å². The van der Waals surface area contributed by atoms with Gasteiger partial charge in [-0.15, -0.1) is 0 Å². The Kier molecular flexibility index (Phi) is 4.49. The van der Waals surface area contributed by atoms with E-state index in [0.717, 1.165) is 12.2 Å². The van der Waals surface area contributed by atoms with E-state index < -0.39 is 0 Å². The molecule has 1 rings (SSSR count). The third kappa shape index (κ3) is 2.89. The van der Waals surface area contributed by atoms with Crippen LogP contribution in [0.5, 0.6) is 5.88 Å². The molecule has 1 heterocycles. The Labute approximate surface area is 91.1 Å². The Balaban J connectivity index is 2.98. The minimum absolute atomic E-state index is 0.193. The Morgan fingerprint density at radius 2 is 2.00 bits per heavy atom. The van der Waals surface area contributed by atoms with Gasteiger partial charge in [0.15, 0.2) is 0 Å². The average Bonchev–Trinajstić information content (AvgIpc) is 2.25. The molecular formula is C11H19N3O. The van der Waals surface area contributed by atoms with Crippen LogP contribution in [0.4, 0.5) is 0 Å². The van der Waals surface area contributed by atoms with Gasteiger partial charge in [-0.25, -0.2) is 4.98 Å². The zero-order valence-electron chi connectivity index (χ0n) is 9.82. The number of aromatic nitrogens is 2. The molecule has 0 aromatic carbocycles. The Morgan fingerprint density at radius 3 is 2.53 bits per heavy atom. The maximum absolute atomic E-state index is 5.21. The van der Waals surface area contributed by atoms with Crippen LogP contribution >= 0.6 is 0 Å². The van der Waals surface area contributed by atoms with Gasteiger partial charge in [-0.05, 0) is 12.5 Å². The summed E-state index contributed by atoms with van der Waals surface area (Å²) in [5.41, 5.74) is 0.886. The summed E-state index contributed by atoms with van der Waals surface area (Å²) in [6, 6.07) is 0.193. The van der Waals surface area contributed by atoms with Crippen molar-refractivity contribution in [2.75, 3.05) is 13.7 Å². The summed E-state index contributed by atoms with van der Waals surface area (Å²) < 4.78 is 5.21. The molecule has 4 nitrogen and oxygen atoms in total. The molecule has 1 aromatic rings. The number of rotatable bonds is 5. The molecule has 0 aliphatic rings. The molecule has 0 amide bonds. The lowest BCUT2D eigenvalue weighted by molar-refractivity contribution is 0.354. The largest absolute Gasteiger partial charge is 0.480 e. The summed E-state index contributed by atoms with van der Waals surface area (Å²) in [5.74, 6) is 1.06. The van der Waals surface area contributed by atoms with Crippen molar-refractivity contribution < 1.29 is 4.74 Å². The summed E-state index contributed by atoms with van der Waals surface area (Å²) in [5, 5.41) is 3.39. The van der Waals surface area contributed by atoms with Crippen molar-refractivity contribution in [3.63, 3.8) is 0 Å². The molecule has 15 heavy (non-hydrogen) atoms. The van der Waals surface area contributed by atoms with Crippen LogP contribution < -0.4 is 10.1 Å². The molecule has 84 valence electrons. The number of ether oxygens (including phenoxy) is 1. The van der Waals surface area contributed by atoms with Crippen LogP contribution in [0.25, 0.3) is 0 Å². The highest BCUT2D eigenvalue weighted by atomic mass is 16.5. The molecule has 0 saturated heterocycles. The van der Waals surface area contributed by atoms with Crippen LogP contribution in [-0.2, 0) is 0 Å². The van der Waals surface area contributed by atoms with Crippen LogP contribution in [0.15, 0.2) is 12.4 Å². The lowest BCUT2D eigenvalue weighted by Gasteiger charge is -2.22. The first kappa shape index (κ1) is 11.9. The molecule has 1 N–H and O–H groups in total. The van der Waals surface area contributed by atoms with Crippen LogP contribution in [0.3, 0.4) is 0 Å². The molecule has 0 radical (unpaired) electrons. The molecule has 0 aliphatic carbocycles. The first-order valence-corrected chi connectivity index (χ1v) is 5.29. The number of nitrogens with one attached hydrogen (secondary N) is 1. The van der Waals surface area contributed by atoms with Crippen molar-refractivity contribution in [1.82, 2.24) is 15.3 Å². The molecule has 0 bridgehead atoms. The normalized spacial score (nSPS) is 12.9. The Morgan fingerprint density at radius 1 is 1.33 bits per heavy atom. The highest BCUT2D eigenvalue weighted by molar-refractivity contribution is 5.21. The molecule has 0 aliphatic heterocycles. The van der Waals surface area contributed by atoms with Crippen molar-refractivity contribution >= 4 is 0 Å². The van der Waals surface area contributed by atoms with Gasteiger partial charge in [0.2, 0.25) is 5.88 Å². The Hall–Kier alpha value is -1.16. The summed E-state index contributed by atoms with van der Waals surface area (Å²) >= 11 is 0. The first-order valence-electron chi connectivity index (χ1n) is 5.29. The molecule has 0 spiro atoms. The van der Waals surface area contributed by atoms with E-state index in [-0.39, 0.29) is 6.04 Å². The molecule has 1 aromatic heterocycles. The van der Waals surface area contributed by atoms with Gasteiger partial charge in [-0.1, -0.05) is 20.8 Å². The summed E-state index contributed by atoms with van der Waals surface area (Å²) in [6.07, 6.45) is 3.34. The lowest BCUT2D eigenvalue weighted by Crippen LogP contribution is -2.27. The molecule has 1 unspecified atom stereocenters. The van der Waals surface area contributed by atoms with Gasteiger partial charge in [0.25, 0.3) is 0 Å². The van der Waals surface area contributed by atoms with E-state index >= 15 is 0 Å². The van der Waals surface area contributed by atoms with E-state index in [9.17, 15) is 0 Å². The molecule has 0 saturated carbocycles.